The Morgan fingerprint density at radius 2 is 1.89 bits per heavy atom. The first-order valence-corrected chi connectivity index (χ1v) is 10.5. The Labute approximate surface area is 169 Å². The van der Waals surface area contributed by atoms with Crippen molar-refractivity contribution >= 4 is 35.3 Å². The van der Waals surface area contributed by atoms with Crippen LogP contribution in [0.1, 0.15) is 30.5 Å². The molecule has 148 valence electrons. The summed E-state index contributed by atoms with van der Waals surface area (Å²) in [6.07, 6.45) is 1.77. The van der Waals surface area contributed by atoms with E-state index in [4.69, 9.17) is 0 Å². The van der Waals surface area contributed by atoms with Crippen molar-refractivity contribution in [2.24, 2.45) is 0 Å². The molecule has 2 aliphatic heterocycles. The smallest absolute Gasteiger partial charge is 0.340 e. The number of aryl methyl sites for hydroxylation is 2. The minimum Gasteiger partial charge on any atom is -0.340 e. The Bertz CT molecular complexity index is 887. The van der Waals surface area contributed by atoms with Crippen molar-refractivity contribution in [3.8, 4) is 0 Å². The summed E-state index contributed by atoms with van der Waals surface area (Å²) in [4.78, 5) is 41.7. The van der Waals surface area contributed by atoms with E-state index >= 15 is 0 Å². The molecule has 0 bridgehead atoms. The number of benzene rings is 1. The van der Waals surface area contributed by atoms with Crippen LogP contribution in [0.5, 0.6) is 0 Å². The maximum atomic E-state index is 13.2. The van der Waals surface area contributed by atoms with E-state index in [2.05, 4.69) is 0 Å². The second-order valence-electron chi connectivity index (χ2n) is 7.02. The predicted octanol–water partition coefficient (Wildman–Crippen LogP) is 2.72. The summed E-state index contributed by atoms with van der Waals surface area (Å²) < 4.78 is 1.46. The van der Waals surface area contributed by atoms with Crippen molar-refractivity contribution in [2.75, 3.05) is 19.6 Å². The lowest BCUT2D eigenvalue weighted by atomic mass is 10.1. The Morgan fingerprint density at radius 3 is 2.54 bits per heavy atom. The van der Waals surface area contributed by atoms with Gasteiger partial charge in [-0.15, -0.1) is 11.8 Å². The Morgan fingerprint density at radius 1 is 1.18 bits per heavy atom. The largest absolute Gasteiger partial charge is 0.501 e. The Balaban J connectivity index is 1.90. The van der Waals surface area contributed by atoms with E-state index in [1.807, 2.05) is 51.3 Å². The SMILES string of the molecule is CCN(CC)C(=O)C[N+]1=C2C=CSC2C(=O)N(Cc2ccc(C)c(C)c2)C1=O. The van der Waals surface area contributed by atoms with Crippen molar-refractivity contribution in [2.45, 2.75) is 39.5 Å². The van der Waals surface area contributed by atoms with E-state index in [0.717, 1.165) is 16.7 Å². The second kappa shape index (κ2) is 8.31. The summed E-state index contributed by atoms with van der Waals surface area (Å²) in [5.74, 6) is -0.338. The molecule has 3 rings (SSSR count). The molecular formula is C21H26N3O3S+. The van der Waals surface area contributed by atoms with E-state index in [1.54, 1.807) is 11.0 Å². The normalized spacial score (nSPS) is 18.7. The molecule has 0 saturated heterocycles. The summed E-state index contributed by atoms with van der Waals surface area (Å²) in [5, 5.41) is 1.35. The van der Waals surface area contributed by atoms with Crippen LogP contribution < -0.4 is 0 Å². The molecule has 0 aliphatic carbocycles. The first kappa shape index (κ1) is 20.3. The quantitative estimate of drug-likeness (QED) is 0.689. The van der Waals surface area contributed by atoms with Gasteiger partial charge in [-0.1, -0.05) is 18.2 Å². The zero-order valence-corrected chi connectivity index (χ0v) is 17.6. The third kappa shape index (κ3) is 3.76. The highest BCUT2D eigenvalue weighted by molar-refractivity contribution is 8.04. The van der Waals surface area contributed by atoms with Crippen molar-refractivity contribution in [1.29, 1.82) is 0 Å². The average molecular weight is 401 g/mol. The zero-order valence-electron chi connectivity index (χ0n) is 16.8. The molecule has 1 aromatic rings. The van der Waals surface area contributed by atoms with Crippen molar-refractivity contribution in [1.82, 2.24) is 9.80 Å². The predicted molar refractivity (Wildman–Crippen MR) is 110 cm³/mol. The van der Waals surface area contributed by atoms with Crippen LogP contribution in [0.15, 0.2) is 29.7 Å². The average Bonchev–Trinajstić information content (AvgIpc) is 3.16. The fourth-order valence-corrected chi connectivity index (χ4v) is 4.42. The number of thioether (sulfide) groups is 1. The van der Waals surface area contributed by atoms with Gasteiger partial charge in [0.2, 0.25) is 0 Å². The number of urea groups is 1. The number of amides is 4. The van der Waals surface area contributed by atoms with Gasteiger partial charge in [0.25, 0.3) is 5.91 Å². The summed E-state index contributed by atoms with van der Waals surface area (Å²) >= 11 is 1.38. The number of carbonyl (C=O) groups is 3. The molecule has 0 fully saturated rings. The van der Waals surface area contributed by atoms with E-state index < -0.39 is 11.3 Å². The lowest BCUT2D eigenvalue weighted by Crippen LogP contribution is -2.56. The molecule has 4 amide bonds. The van der Waals surface area contributed by atoms with Gasteiger partial charge in [0.1, 0.15) is 12.3 Å². The van der Waals surface area contributed by atoms with Gasteiger partial charge in [0, 0.05) is 13.1 Å². The zero-order chi connectivity index (χ0) is 20.4. The van der Waals surface area contributed by atoms with Gasteiger partial charge in [0.05, 0.1) is 0 Å². The summed E-state index contributed by atoms with van der Waals surface area (Å²) in [7, 11) is 0. The van der Waals surface area contributed by atoms with Crippen LogP contribution in [0, 0.1) is 13.8 Å². The number of allylic oxidation sites excluding steroid dienone is 1. The minimum atomic E-state index is -0.464. The number of nitrogens with zero attached hydrogens (tertiary/aromatic N) is 3. The van der Waals surface area contributed by atoms with Crippen LogP contribution in [0.25, 0.3) is 0 Å². The van der Waals surface area contributed by atoms with Crippen LogP contribution in [0.4, 0.5) is 4.79 Å². The summed E-state index contributed by atoms with van der Waals surface area (Å²) in [5.41, 5.74) is 3.79. The number of hydrogen-bond donors (Lipinski definition) is 0. The standard InChI is InChI=1S/C21H26N3O3S/c1-5-22(6-2)18(25)13-23-17-9-10-28-19(17)20(26)24(21(23)27)12-16-8-7-14(3)15(4)11-16/h7-11,19H,5-6,12-13H2,1-4H3/q+1. The lowest BCUT2D eigenvalue weighted by molar-refractivity contribution is -0.428. The van der Waals surface area contributed by atoms with Gasteiger partial charge in [-0.2, -0.15) is 14.3 Å². The molecule has 2 heterocycles. The van der Waals surface area contributed by atoms with Gasteiger partial charge in [-0.3, -0.25) is 4.79 Å². The number of likely N-dealkylation sites (N-methyl/N-ethyl adjacent to an activating group) is 1. The number of carbonyl (C=O) groups excluding carboxylic acids is 3. The molecule has 0 radical (unpaired) electrons. The van der Waals surface area contributed by atoms with Crippen LogP contribution in [-0.2, 0) is 16.1 Å². The molecule has 0 spiro atoms. The molecule has 7 heteroatoms. The van der Waals surface area contributed by atoms with Gasteiger partial charge >= 0.3 is 11.9 Å². The maximum Gasteiger partial charge on any atom is 0.501 e. The molecule has 6 nitrogen and oxygen atoms in total. The highest BCUT2D eigenvalue weighted by atomic mass is 32.2. The Hall–Kier alpha value is -2.41. The number of fused-ring (bicyclic) bond motifs is 1. The third-order valence-electron chi connectivity index (χ3n) is 5.31. The van der Waals surface area contributed by atoms with E-state index in [9.17, 15) is 14.4 Å². The lowest BCUT2D eigenvalue weighted by Gasteiger charge is -2.26. The van der Waals surface area contributed by atoms with E-state index in [1.165, 1.54) is 21.2 Å². The molecule has 0 saturated carbocycles. The highest BCUT2D eigenvalue weighted by Gasteiger charge is 2.49. The number of hydrogen-bond acceptors (Lipinski definition) is 4. The van der Waals surface area contributed by atoms with Crippen LogP contribution in [0.2, 0.25) is 0 Å². The molecule has 0 aromatic heterocycles. The molecule has 1 unspecified atom stereocenters. The van der Waals surface area contributed by atoms with Gasteiger partial charge in [-0.05, 0) is 55.9 Å². The van der Waals surface area contributed by atoms with Crippen LogP contribution >= 0.6 is 11.8 Å². The fraction of sp³-hybridized carbons (Fsp3) is 0.429. The van der Waals surface area contributed by atoms with Crippen molar-refractivity contribution < 1.29 is 19.0 Å². The molecule has 28 heavy (non-hydrogen) atoms. The number of rotatable bonds is 6. The van der Waals surface area contributed by atoms with Crippen molar-refractivity contribution in [3.05, 3.63) is 46.4 Å². The monoisotopic (exact) mass is 400 g/mol. The molecule has 0 N–H and O–H groups in total. The van der Waals surface area contributed by atoms with Crippen molar-refractivity contribution in [3.63, 3.8) is 0 Å². The maximum absolute atomic E-state index is 13.2. The fourth-order valence-electron chi connectivity index (χ4n) is 3.45. The third-order valence-corrected chi connectivity index (χ3v) is 6.32. The highest BCUT2D eigenvalue weighted by Crippen LogP contribution is 2.28. The summed E-state index contributed by atoms with van der Waals surface area (Å²) in [6.45, 7) is 9.20. The van der Waals surface area contributed by atoms with E-state index in [0.29, 0.717) is 18.8 Å². The molecular weight excluding hydrogens is 374 g/mol. The van der Waals surface area contributed by atoms with E-state index in [-0.39, 0.29) is 24.9 Å². The molecule has 2 aliphatic rings. The molecule has 1 aromatic carbocycles. The van der Waals surface area contributed by atoms with Gasteiger partial charge in [-0.25, -0.2) is 4.79 Å². The van der Waals surface area contributed by atoms with Gasteiger partial charge in [0.15, 0.2) is 11.8 Å². The number of imide groups is 1. The van der Waals surface area contributed by atoms with Crippen LogP contribution in [-0.4, -0.2) is 62.8 Å². The summed E-state index contributed by atoms with van der Waals surface area (Å²) in [6, 6.07) is 5.50. The second-order valence-corrected chi connectivity index (χ2v) is 8.04. The molecule has 1 atom stereocenters. The first-order chi connectivity index (χ1) is 13.4. The topological polar surface area (TPSA) is 60.7 Å². The Kier molecular flexibility index (Phi) is 6.03. The minimum absolute atomic E-state index is 0.0477. The van der Waals surface area contributed by atoms with Gasteiger partial charge < -0.3 is 4.90 Å². The first-order valence-electron chi connectivity index (χ1n) is 9.53. The van der Waals surface area contributed by atoms with Crippen LogP contribution in [0.3, 0.4) is 0 Å².